The minimum atomic E-state index is -1.52. The van der Waals surface area contributed by atoms with Gasteiger partial charge in [0.2, 0.25) is 59.1 Å². The molecule has 1 saturated heterocycles. The van der Waals surface area contributed by atoms with Gasteiger partial charge in [0.25, 0.3) is 0 Å². The number of unbranched alkanes of at least 4 members (excludes halogenated alkanes) is 2. The molecule has 12 atom stereocenters. The quantitative estimate of drug-likeness (QED) is 0.0153. The van der Waals surface area contributed by atoms with Crippen molar-refractivity contribution >= 4 is 94.8 Å². The number of rotatable bonds is 51. The molecule has 1 rings (SSSR count). The number of nitrogens with two attached hydrogens (primary N) is 13. The highest BCUT2D eigenvalue weighted by Gasteiger charge is 2.40. The summed E-state index contributed by atoms with van der Waals surface area (Å²) in [5.74, 6) is -11.2. The SMILES string of the molecule is CC(C)C[C@H](NC(=O)[C@H](CCCN=C(N)N)NC(=O)[C@H](CCCCN)NC(=O)[C@H](CCCCN)NC(=O)[C@H](CCCN=C(N)N)NC(=O)[C@H](CCCN=C(N)N)NC(=O)[C@H](CCCN=C(N)N)NC(=O)[C@H](C)NC(=O)[C@H](CCCN=C(N)N)NC(=O)[C@@H]1CCCN1C(=O)[C@@H](N)[C@@H](C)O)C(=O)O. The number of nitrogens with one attached hydrogen (secondary N) is 9. The molecule has 0 aromatic heterocycles. The maximum Gasteiger partial charge on any atom is 0.326 e. The number of hydrogen-bond acceptors (Lipinski definition) is 20. The molecule has 0 unspecified atom stereocenters. The first-order valence-electron chi connectivity index (χ1n) is 34.0. The molecule has 41 nitrogen and oxygen atoms in total. The van der Waals surface area contributed by atoms with E-state index in [0.717, 1.165) is 0 Å². The average Bonchev–Trinajstić information content (AvgIpc) is 1.76. The molecule has 1 fully saturated rings. The van der Waals surface area contributed by atoms with E-state index in [-0.39, 0.29) is 184 Å². The third-order valence-electron chi connectivity index (χ3n) is 15.8. The molecule has 41 heteroatoms. The molecular weight excluding hydrogens is 1320 g/mol. The van der Waals surface area contributed by atoms with Gasteiger partial charge < -0.3 is 138 Å². The van der Waals surface area contributed by atoms with E-state index in [0.29, 0.717) is 25.7 Å². The third kappa shape index (κ3) is 37.4. The Balaban J connectivity index is 3.82. The van der Waals surface area contributed by atoms with Crippen LogP contribution < -0.4 is 122 Å². The number of carbonyl (C=O) groups is 11. The van der Waals surface area contributed by atoms with Crippen LogP contribution in [0.2, 0.25) is 0 Å². The van der Waals surface area contributed by atoms with Crippen LogP contribution in [-0.2, 0) is 52.7 Å². The Bertz CT molecular complexity index is 2810. The molecule has 0 saturated carbocycles. The van der Waals surface area contributed by atoms with Crippen LogP contribution in [0, 0.1) is 5.92 Å². The first-order chi connectivity index (χ1) is 47.6. The highest BCUT2D eigenvalue weighted by molar-refractivity contribution is 5.99. The van der Waals surface area contributed by atoms with Gasteiger partial charge in [0.1, 0.15) is 66.5 Å². The molecular formula is C60H116N28O13. The minimum Gasteiger partial charge on any atom is -0.480 e. The number of aliphatic imine (C=N–C) groups is 5. The smallest absolute Gasteiger partial charge is 0.326 e. The number of aliphatic hydroxyl groups is 1. The lowest BCUT2D eigenvalue weighted by atomic mass is 10.0. The van der Waals surface area contributed by atoms with E-state index in [1.807, 2.05) is 0 Å². The number of hydrogen-bond donors (Lipinski definition) is 24. The molecule has 0 radical (unpaired) electrons. The number of amides is 10. The van der Waals surface area contributed by atoms with Crippen LogP contribution in [0.4, 0.5) is 0 Å². The summed E-state index contributed by atoms with van der Waals surface area (Å²) in [5.41, 5.74) is 73.1. The molecule has 0 aromatic rings. The van der Waals surface area contributed by atoms with Gasteiger partial charge in [0, 0.05) is 39.3 Å². The highest BCUT2D eigenvalue weighted by Crippen LogP contribution is 2.20. The van der Waals surface area contributed by atoms with E-state index >= 15 is 0 Å². The van der Waals surface area contributed by atoms with E-state index in [4.69, 9.17) is 74.5 Å². The van der Waals surface area contributed by atoms with Crippen molar-refractivity contribution in [3.8, 4) is 0 Å². The van der Waals surface area contributed by atoms with Crippen LogP contribution in [0.1, 0.15) is 150 Å². The zero-order valence-electron chi connectivity index (χ0n) is 58.7. The monoisotopic (exact) mass is 1440 g/mol. The summed E-state index contributed by atoms with van der Waals surface area (Å²) in [6.07, 6.45) is 0.589. The fraction of sp³-hybridized carbons (Fsp3) is 0.733. The Kier molecular flexibility index (Phi) is 43.3. The highest BCUT2D eigenvalue weighted by atomic mass is 16.4. The molecule has 0 spiro atoms. The van der Waals surface area contributed by atoms with Crippen LogP contribution in [0.15, 0.2) is 25.0 Å². The van der Waals surface area contributed by atoms with Crippen LogP contribution in [0.5, 0.6) is 0 Å². The summed E-state index contributed by atoms with van der Waals surface area (Å²) in [6.45, 7) is 6.69. The number of carbonyl (C=O) groups excluding carboxylic acids is 10. The van der Waals surface area contributed by atoms with Gasteiger partial charge in [-0.25, -0.2) is 4.79 Å². The summed E-state index contributed by atoms with van der Waals surface area (Å²) < 4.78 is 0. The summed E-state index contributed by atoms with van der Waals surface area (Å²) in [5, 5.41) is 43.6. The average molecular weight is 1440 g/mol. The fourth-order valence-corrected chi connectivity index (χ4v) is 10.4. The van der Waals surface area contributed by atoms with Crippen LogP contribution in [0.25, 0.3) is 0 Å². The second-order valence-corrected chi connectivity index (χ2v) is 25.0. The van der Waals surface area contributed by atoms with Crippen molar-refractivity contribution in [3.05, 3.63) is 0 Å². The maximum absolute atomic E-state index is 14.8. The van der Waals surface area contributed by atoms with E-state index < -0.39 is 138 Å². The molecule has 10 amide bonds. The summed E-state index contributed by atoms with van der Waals surface area (Å²) in [7, 11) is 0. The van der Waals surface area contributed by atoms with Gasteiger partial charge >= 0.3 is 5.97 Å². The predicted molar refractivity (Wildman–Crippen MR) is 380 cm³/mol. The summed E-state index contributed by atoms with van der Waals surface area (Å²) >= 11 is 0. The number of nitrogens with zero attached hydrogens (tertiary/aromatic N) is 6. The predicted octanol–water partition coefficient (Wildman–Crippen LogP) is -9.27. The Morgan fingerprint density at radius 1 is 0.406 bits per heavy atom. The molecule has 0 bridgehead atoms. The van der Waals surface area contributed by atoms with Crippen molar-refractivity contribution in [2.45, 2.75) is 222 Å². The summed E-state index contributed by atoms with van der Waals surface area (Å²) in [6, 6.07) is -15.0. The van der Waals surface area contributed by atoms with Gasteiger partial charge in [-0.1, -0.05) is 13.8 Å². The van der Waals surface area contributed by atoms with E-state index in [1.54, 1.807) is 13.8 Å². The number of aliphatic carboxylic acids is 1. The van der Waals surface area contributed by atoms with Crippen LogP contribution in [-0.4, -0.2) is 235 Å². The number of carboxylic acid groups (broad SMARTS) is 1. The number of carboxylic acids is 1. The van der Waals surface area contributed by atoms with Gasteiger partial charge in [-0.3, -0.25) is 72.9 Å². The van der Waals surface area contributed by atoms with Gasteiger partial charge in [-0.2, -0.15) is 0 Å². The largest absolute Gasteiger partial charge is 0.480 e. The summed E-state index contributed by atoms with van der Waals surface area (Å²) in [4.78, 5) is 175. The lowest BCUT2D eigenvalue weighted by Crippen LogP contribution is -2.60. The minimum absolute atomic E-state index is 0.0115. The van der Waals surface area contributed by atoms with Gasteiger partial charge in [-0.15, -0.1) is 0 Å². The maximum atomic E-state index is 14.8. The van der Waals surface area contributed by atoms with Gasteiger partial charge in [-0.05, 0) is 155 Å². The van der Waals surface area contributed by atoms with Crippen LogP contribution in [0.3, 0.4) is 0 Å². The van der Waals surface area contributed by atoms with Crippen molar-refractivity contribution in [2.24, 2.45) is 105 Å². The first kappa shape index (κ1) is 89.4. The van der Waals surface area contributed by atoms with E-state index in [9.17, 15) is 63.0 Å². The molecule has 0 aliphatic carbocycles. The van der Waals surface area contributed by atoms with Gasteiger partial charge in [0.05, 0.1) is 6.10 Å². The second-order valence-electron chi connectivity index (χ2n) is 25.0. The van der Waals surface area contributed by atoms with Crippen molar-refractivity contribution in [1.29, 1.82) is 0 Å². The van der Waals surface area contributed by atoms with Gasteiger partial charge in [0.15, 0.2) is 29.8 Å². The fourth-order valence-electron chi connectivity index (χ4n) is 10.4. The standard InChI is InChI=1S/C60H116N28O13/c1-32(2)31-42(55(100)101)87-52(97)41(21-13-29-78-60(72)73)85-48(93)36(16-6-8-24-62)81-47(92)35(15-5-7-23-61)82-50(95)39(19-11-27-76-58(68)69)84-51(96)40(20-12-28-77-59(70)71)83-49(94)38(18-10-26-75-57(66)67)80-45(90)33(3)79-46(91)37(17-9-25-74-56(64)65)86-53(98)43-22-14-30-88(43)54(99)44(63)34(4)89/h32-44,89H,5-31,61-63H2,1-4H3,(H,79,91)(H,80,90)(H,81,92)(H,82,95)(H,83,94)(H,84,96)(H,85,93)(H,86,98)(H,87,97)(H,100,101)(H4,64,65,74)(H4,66,67,75)(H4,68,69,76)(H4,70,71,77)(H4,72,73,78)/t33-,34+,35-,36-,37-,38-,39-,40-,41-,42-,43-,44-/m0/s1. The Morgan fingerprint density at radius 3 is 0.960 bits per heavy atom. The molecule has 101 heavy (non-hydrogen) atoms. The third-order valence-corrected chi connectivity index (χ3v) is 15.8. The molecule has 37 N–H and O–H groups in total. The van der Waals surface area contributed by atoms with Crippen molar-refractivity contribution in [2.75, 3.05) is 52.4 Å². The van der Waals surface area contributed by atoms with E-state index in [1.165, 1.54) is 18.7 Å². The second kappa shape index (κ2) is 49.0. The molecule has 1 heterocycles. The Hall–Kier alpha value is -9.64. The zero-order chi connectivity index (χ0) is 76.3. The molecule has 1 aliphatic rings. The number of likely N-dealkylation sites (tertiary alicyclic amines) is 1. The van der Waals surface area contributed by atoms with Crippen LogP contribution >= 0.6 is 0 Å². The molecule has 574 valence electrons. The molecule has 1 aliphatic heterocycles. The molecule has 0 aromatic carbocycles. The topological polar surface area (TPSA) is 740 Å². The van der Waals surface area contributed by atoms with Crippen molar-refractivity contribution in [3.63, 3.8) is 0 Å². The van der Waals surface area contributed by atoms with Crippen molar-refractivity contribution in [1.82, 2.24) is 52.8 Å². The normalized spacial score (nSPS) is 15.8. The lowest BCUT2D eigenvalue weighted by Gasteiger charge is -2.29. The zero-order valence-corrected chi connectivity index (χ0v) is 58.7. The Labute approximate surface area is 588 Å². The lowest BCUT2D eigenvalue weighted by molar-refractivity contribution is -0.143. The number of aliphatic hydroxyl groups excluding tert-OH is 1. The Morgan fingerprint density at radius 2 is 0.683 bits per heavy atom. The van der Waals surface area contributed by atoms with Crippen molar-refractivity contribution < 1.29 is 63.0 Å². The first-order valence-corrected chi connectivity index (χ1v) is 34.0. The van der Waals surface area contributed by atoms with E-state index in [2.05, 4.69) is 72.8 Å². The number of guanidine groups is 5.